The van der Waals surface area contributed by atoms with E-state index in [1.807, 2.05) is 12.1 Å². The molecule has 0 saturated heterocycles. The predicted octanol–water partition coefficient (Wildman–Crippen LogP) is 2.60. The molecule has 1 heterocycles. The van der Waals surface area contributed by atoms with Crippen molar-refractivity contribution in [3.05, 3.63) is 71.8 Å². The minimum atomic E-state index is -0.754. The lowest BCUT2D eigenvalue weighted by atomic mass is 10.0. The smallest absolute Gasteiger partial charge is 0.294 e. The first-order valence-electron chi connectivity index (χ1n) is 6.85. The Morgan fingerprint density at radius 2 is 1.41 bits per heavy atom. The number of para-hydroxylation sites is 1. The molecule has 1 aliphatic heterocycles. The van der Waals surface area contributed by atoms with Gasteiger partial charge in [0.15, 0.2) is 5.78 Å². The van der Waals surface area contributed by atoms with E-state index in [0.29, 0.717) is 16.9 Å². The molecule has 0 N–H and O–H groups in total. The third-order valence-electron chi connectivity index (χ3n) is 3.50. The van der Waals surface area contributed by atoms with Gasteiger partial charge in [-0.2, -0.15) is 0 Å². The SMILES string of the molecule is CC(=O)C1=C(c2ccccc2)N(c2ccccc2)C(=O)C1=O. The summed E-state index contributed by atoms with van der Waals surface area (Å²) >= 11 is 0. The van der Waals surface area contributed by atoms with Crippen LogP contribution in [0, 0.1) is 0 Å². The minimum Gasteiger partial charge on any atom is -0.294 e. The number of nitrogens with zero attached hydrogens (tertiary/aromatic N) is 1. The van der Waals surface area contributed by atoms with Crippen molar-refractivity contribution in [1.29, 1.82) is 0 Å². The zero-order chi connectivity index (χ0) is 15.7. The van der Waals surface area contributed by atoms with E-state index in [4.69, 9.17) is 0 Å². The number of rotatable bonds is 3. The van der Waals surface area contributed by atoms with Crippen molar-refractivity contribution >= 4 is 28.9 Å². The summed E-state index contributed by atoms with van der Waals surface area (Å²) in [5, 5.41) is 0. The van der Waals surface area contributed by atoms with Gasteiger partial charge in [0.25, 0.3) is 5.78 Å². The van der Waals surface area contributed by atoms with Crippen LogP contribution in [-0.2, 0) is 14.4 Å². The second kappa shape index (κ2) is 5.41. The van der Waals surface area contributed by atoms with Gasteiger partial charge in [-0.3, -0.25) is 19.3 Å². The molecule has 1 aliphatic rings. The highest BCUT2D eigenvalue weighted by Crippen LogP contribution is 2.35. The van der Waals surface area contributed by atoms with Crippen LogP contribution in [0.2, 0.25) is 0 Å². The zero-order valence-electron chi connectivity index (χ0n) is 11.9. The highest BCUT2D eigenvalue weighted by molar-refractivity contribution is 6.60. The van der Waals surface area contributed by atoms with Crippen LogP contribution in [-0.4, -0.2) is 17.5 Å². The van der Waals surface area contributed by atoms with Crippen LogP contribution < -0.4 is 4.90 Å². The van der Waals surface area contributed by atoms with Crippen molar-refractivity contribution in [2.75, 3.05) is 4.90 Å². The molecule has 0 radical (unpaired) electrons. The fraction of sp³-hybridized carbons (Fsp3) is 0.0556. The number of carbonyl (C=O) groups excluding carboxylic acids is 3. The number of carbonyl (C=O) groups is 3. The molecule has 0 aromatic heterocycles. The second-order valence-corrected chi connectivity index (χ2v) is 4.95. The Labute approximate surface area is 127 Å². The molecular formula is C18H13NO3. The summed E-state index contributed by atoms with van der Waals surface area (Å²) in [7, 11) is 0. The number of benzene rings is 2. The molecule has 4 heteroatoms. The van der Waals surface area contributed by atoms with Crippen molar-refractivity contribution in [3.8, 4) is 0 Å². The average molecular weight is 291 g/mol. The van der Waals surface area contributed by atoms with Gasteiger partial charge < -0.3 is 0 Å². The zero-order valence-corrected chi connectivity index (χ0v) is 11.9. The normalized spacial score (nSPS) is 14.7. The Morgan fingerprint density at radius 1 is 0.864 bits per heavy atom. The van der Waals surface area contributed by atoms with E-state index < -0.39 is 17.5 Å². The van der Waals surface area contributed by atoms with E-state index in [1.54, 1.807) is 48.5 Å². The third-order valence-corrected chi connectivity index (χ3v) is 3.50. The standard InChI is InChI=1S/C18H13NO3/c1-12(20)15-16(13-8-4-2-5-9-13)19(18(22)17(15)21)14-10-6-3-7-11-14/h2-11H,1H3. The Hall–Kier alpha value is -3.01. The summed E-state index contributed by atoms with van der Waals surface area (Å²) in [6.07, 6.45) is 0. The van der Waals surface area contributed by atoms with Crippen LogP contribution in [0.1, 0.15) is 12.5 Å². The molecule has 0 unspecified atom stereocenters. The molecule has 108 valence electrons. The first-order chi connectivity index (χ1) is 10.6. The van der Waals surface area contributed by atoms with Crippen LogP contribution >= 0.6 is 0 Å². The topological polar surface area (TPSA) is 54.5 Å². The lowest BCUT2D eigenvalue weighted by molar-refractivity contribution is -0.133. The maximum atomic E-state index is 12.4. The maximum Gasteiger partial charge on any atom is 0.304 e. The van der Waals surface area contributed by atoms with Crippen molar-refractivity contribution in [2.24, 2.45) is 0 Å². The molecule has 0 spiro atoms. The quantitative estimate of drug-likeness (QED) is 0.645. The molecule has 2 aromatic carbocycles. The van der Waals surface area contributed by atoms with Crippen molar-refractivity contribution in [2.45, 2.75) is 6.92 Å². The van der Waals surface area contributed by atoms with E-state index in [9.17, 15) is 14.4 Å². The predicted molar refractivity (Wildman–Crippen MR) is 83.0 cm³/mol. The molecule has 0 fully saturated rings. The lowest BCUT2D eigenvalue weighted by Gasteiger charge is -2.20. The van der Waals surface area contributed by atoms with Crippen molar-refractivity contribution in [3.63, 3.8) is 0 Å². The third kappa shape index (κ3) is 2.15. The lowest BCUT2D eigenvalue weighted by Crippen LogP contribution is -2.28. The van der Waals surface area contributed by atoms with E-state index in [2.05, 4.69) is 0 Å². The van der Waals surface area contributed by atoms with Gasteiger partial charge >= 0.3 is 5.91 Å². The second-order valence-electron chi connectivity index (χ2n) is 4.95. The highest BCUT2D eigenvalue weighted by atomic mass is 16.2. The monoisotopic (exact) mass is 291 g/mol. The largest absolute Gasteiger partial charge is 0.304 e. The summed E-state index contributed by atoms with van der Waals surface area (Å²) in [6, 6.07) is 17.8. The number of ketones is 2. The van der Waals surface area contributed by atoms with Gasteiger partial charge in [0.1, 0.15) is 0 Å². The van der Waals surface area contributed by atoms with Crippen molar-refractivity contribution < 1.29 is 14.4 Å². The van der Waals surface area contributed by atoms with Crippen LogP contribution in [0.4, 0.5) is 5.69 Å². The van der Waals surface area contributed by atoms with Crippen LogP contribution in [0.3, 0.4) is 0 Å². The summed E-state index contributed by atoms with van der Waals surface area (Å²) in [5.41, 5.74) is 1.53. The van der Waals surface area contributed by atoms with Gasteiger partial charge in [0, 0.05) is 5.69 Å². The Kier molecular flexibility index (Phi) is 3.43. The average Bonchev–Trinajstić information content (AvgIpc) is 2.81. The minimum absolute atomic E-state index is 0.0555. The summed E-state index contributed by atoms with van der Waals surface area (Å²) < 4.78 is 0. The van der Waals surface area contributed by atoms with Gasteiger partial charge in [0.05, 0.1) is 11.3 Å². The molecular weight excluding hydrogens is 278 g/mol. The fourth-order valence-electron chi connectivity index (χ4n) is 2.55. The number of Topliss-reactive ketones (excluding diaryl/α,β-unsaturated/α-hetero) is 2. The van der Waals surface area contributed by atoms with Gasteiger partial charge in [-0.05, 0) is 24.6 Å². The van der Waals surface area contributed by atoms with Crippen molar-refractivity contribution in [1.82, 2.24) is 0 Å². The molecule has 0 saturated carbocycles. The van der Waals surface area contributed by atoms with E-state index >= 15 is 0 Å². The first-order valence-corrected chi connectivity index (χ1v) is 6.85. The summed E-state index contributed by atoms with van der Waals surface area (Å²) in [5.74, 6) is -1.86. The van der Waals surface area contributed by atoms with E-state index in [-0.39, 0.29) is 5.57 Å². The number of hydrogen-bond donors (Lipinski definition) is 0. The van der Waals surface area contributed by atoms with Gasteiger partial charge in [-0.1, -0.05) is 48.5 Å². The van der Waals surface area contributed by atoms with Crippen LogP contribution in [0.25, 0.3) is 5.70 Å². The molecule has 2 aromatic rings. The maximum absolute atomic E-state index is 12.4. The van der Waals surface area contributed by atoms with Crippen LogP contribution in [0.5, 0.6) is 0 Å². The van der Waals surface area contributed by atoms with Crippen LogP contribution in [0.15, 0.2) is 66.2 Å². The van der Waals surface area contributed by atoms with Gasteiger partial charge in [-0.15, -0.1) is 0 Å². The molecule has 0 bridgehead atoms. The fourth-order valence-corrected chi connectivity index (χ4v) is 2.55. The first kappa shape index (κ1) is 13.9. The molecule has 3 rings (SSSR count). The molecule has 0 aliphatic carbocycles. The Morgan fingerprint density at radius 3 is 1.95 bits per heavy atom. The molecule has 22 heavy (non-hydrogen) atoms. The Bertz CT molecular complexity index is 792. The van der Waals surface area contributed by atoms with E-state index in [0.717, 1.165) is 0 Å². The Balaban J connectivity index is 2.27. The molecule has 4 nitrogen and oxygen atoms in total. The number of anilines is 1. The number of hydrogen-bond acceptors (Lipinski definition) is 3. The highest BCUT2D eigenvalue weighted by Gasteiger charge is 2.41. The van der Waals surface area contributed by atoms with E-state index in [1.165, 1.54) is 11.8 Å². The molecule has 0 atom stereocenters. The summed E-state index contributed by atoms with van der Waals surface area (Å²) in [6.45, 7) is 1.30. The van der Waals surface area contributed by atoms with Gasteiger partial charge in [-0.25, -0.2) is 0 Å². The molecule has 1 amide bonds. The summed E-state index contributed by atoms with van der Waals surface area (Å²) in [4.78, 5) is 37.9. The number of amides is 1. The van der Waals surface area contributed by atoms with Gasteiger partial charge in [0.2, 0.25) is 0 Å².